The van der Waals surface area contributed by atoms with Gasteiger partial charge in [0.05, 0.1) is 13.7 Å². The molecule has 0 saturated carbocycles. The standard InChI is InChI=1S/C20H24BrN3O2.ClH/c1-15-3-4-16(13-19(15)21)22-20(25)14-23-9-11-24(12-10-23)17-5-7-18(26-2)8-6-17;/h3-8,13H,9-12,14H2,1-2H3,(H,22,25);1H. The molecule has 2 aromatic rings. The summed E-state index contributed by atoms with van der Waals surface area (Å²) < 4.78 is 6.21. The molecule has 2 aromatic carbocycles. The molecule has 0 radical (unpaired) electrons. The minimum atomic E-state index is 0. The lowest BCUT2D eigenvalue weighted by Crippen LogP contribution is -2.48. The summed E-state index contributed by atoms with van der Waals surface area (Å²) in [5.41, 5.74) is 3.17. The summed E-state index contributed by atoms with van der Waals surface area (Å²) in [7, 11) is 1.67. The highest BCUT2D eigenvalue weighted by Gasteiger charge is 2.19. The van der Waals surface area contributed by atoms with Crippen LogP contribution < -0.4 is 15.0 Å². The molecule has 0 unspecified atom stereocenters. The second kappa shape index (κ2) is 9.97. The van der Waals surface area contributed by atoms with Crippen LogP contribution in [0.5, 0.6) is 5.75 Å². The van der Waals surface area contributed by atoms with Crippen LogP contribution in [0.2, 0.25) is 0 Å². The molecule has 146 valence electrons. The van der Waals surface area contributed by atoms with Gasteiger partial charge in [-0.05, 0) is 48.9 Å². The van der Waals surface area contributed by atoms with Crippen molar-refractivity contribution in [2.45, 2.75) is 6.92 Å². The van der Waals surface area contributed by atoms with Crippen LogP contribution in [0.4, 0.5) is 11.4 Å². The molecule has 5 nitrogen and oxygen atoms in total. The smallest absolute Gasteiger partial charge is 0.238 e. The Hall–Kier alpha value is -1.76. The van der Waals surface area contributed by atoms with Gasteiger partial charge in [0.25, 0.3) is 0 Å². The molecule has 1 aliphatic heterocycles. The molecule has 1 N–H and O–H groups in total. The predicted molar refractivity (Wildman–Crippen MR) is 116 cm³/mol. The number of hydrogen-bond donors (Lipinski definition) is 1. The van der Waals surface area contributed by atoms with Crippen molar-refractivity contribution in [1.29, 1.82) is 0 Å². The number of nitrogens with one attached hydrogen (secondary N) is 1. The van der Waals surface area contributed by atoms with Gasteiger partial charge in [-0.25, -0.2) is 0 Å². The SMILES string of the molecule is COc1ccc(N2CCN(CC(=O)Nc3ccc(C)c(Br)c3)CC2)cc1.Cl. The van der Waals surface area contributed by atoms with Gasteiger partial charge in [-0.15, -0.1) is 12.4 Å². The maximum atomic E-state index is 12.3. The fourth-order valence-corrected chi connectivity index (χ4v) is 3.41. The minimum absolute atomic E-state index is 0. The Bertz CT molecular complexity index is 762. The molecule has 0 bridgehead atoms. The minimum Gasteiger partial charge on any atom is -0.497 e. The number of amides is 1. The van der Waals surface area contributed by atoms with E-state index in [1.165, 1.54) is 5.69 Å². The van der Waals surface area contributed by atoms with Crippen molar-refractivity contribution in [2.75, 3.05) is 50.1 Å². The Labute approximate surface area is 175 Å². The van der Waals surface area contributed by atoms with Crippen LogP contribution in [0.1, 0.15) is 5.56 Å². The van der Waals surface area contributed by atoms with Crippen molar-refractivity contribution < 1.29 is 9.53 Å². The van der Waals surface area contributed by atoms with Gasteiger partial charge in [-0.3, -0.25) is 9.69 Å². The number of nitrogens with zero attached hydrogens (tertiary/aromatic N) is 2. The number of aryl methyl sites for hydroxylation is 1. The summed E-state index contributed by atoms with van der Waals surface area (Å²) in [6.45, 7) is 6.01. The third-order valence-corrected chi connectivity index (χ3v) is 5.49. The fourth-order valence-electron chi connectivity index (χ4n) is 3.03. The van der Waals surface area contributed by atoms with Crippen molar-refractivity contribution in [3.05, 3.63) is 52.5 Å². The summed E-state index contributed by atoms with van der Waals surface area (Å²) in [5, 5.41) is 2.97. The Morgan fingerprint density at radius 2 is 1.78 bits per heavy atom. The van der Waals surface area contributed by atoms with E-state index in [0.29, 0.717) is 6.54 Å². The molecule has 0 spiro atoms. The van der Waals surface area contributed by atoms with E-state index in [4.69, 9.17) is 4.74 Å². The third kappa shape index (κ3) is 5.86. The van der Waals surface area contributed by atoms with Crippen LogP contribution in [-0.2, 0) is 4.79 Å². The largest absolute Gasteiger partial charge is 0.497 e. The summed E-state index contributed by atoms with van der Waals surface area (Å²) >= 11 is 3.50. The monoisotopic (exact) mass is 453 g/mol. The number of piperazine rings is 1. The molecule has 3 rings (SSSR count). The van der Waals surface area contributed by atoms with Gasteiger partial charge in [0.15, 0.2) is 0 Å². The van der Waals surface area contributed by atoms with Crippen molar-refractivity contribution in [3.63, 3.8) is 0 Å². The lowest BCUT2D eigenvalue weighted by molar-refractivity contribution is -0.117. The number of halogens is 2. The Balaban J connectivity index is 0.00000261. The van der Waals surface area contributed by atoms with Crippen molar-refractivity contribution in [1.82, 2.24) is 4.90 Å². The summed E-state index contributed by atoms with van der Waals surface area (Å²) in [6.07, 6.45) is 0. The lowest BCUT2D eigenvalue weighted by atomic mass is 10.2. The molecule has 1 heterocycles. The maximum absolute atomic E-state index is 12.3. The average Bonchev–Trinajstić information content (AvgIpc) is 2.65. The van der Waals surface area contributed by atoms with Gasteiger partial charge in [0.2, 0.25) is 5.91 Å². The Morgan fingerprint density at radius 3 is 2.37 bits per heavy atom. The number of methoxy groups -OCH3 is 1. The van der Waals surface area contributed by atoms with Crippen LogP contribution >= 0.6 is 28.3 Å². The molecule has 1 aliphatic rings. The molecule has 1 fully saturated rings. The molecule has 27 heavy (non-hydrogen) atoms. The van der Waals surface area contributed by atoms with Crippen LogP contribution in [0.25, 0.3) is 0 Å². The first-order valence-electron chi connectivity index (χ1n) is 8.72. The number of carbonyl (C=O) groups is 1. The number of anilines is 2. The summed E-state index contributed by atoms with van der Waals surface area (Å²) in [6, 6.07) is 14.0. The quantitative estimate of drug-likeness (QED) is 0.743. The van der Waals surface area contributed by atoms with E-state index in [1.807, 2.05) is 37.3 Å². The predicted octanol–water partition coefficient (Wildman–Crippen LogP) is 3.95. The highest BCUT2D eigenvalue weighted by atomic mass is 79.9. The number of ether oxygens (including phenoxy) is 1. The molecule has 7 heteroatoms. The molecular weight excluding hydrogens is 430 g/mol. The van der Waals surface area contributed by atoms with Crippen LogP contribution in [0.3, 0.4) is 0 Å². The van der Waals surface area contributed by atoms with Crippen LogP contribution in [0.15, 0.2) is 46.9 Å². The van der Waals surface area contributed by atoms with Gasteiger partial charge in [-0.1, -0.05) is 22.0 Å². The van der Waals surface area contributed by atoms with Crippen LogP contribution in [0, 0.1) is 6.92 Å². The van der Waals surface area contributed by atoms with E-state index < -0.39 is 0 Å². The second-order valence-electron chi connectivity index (χ2n) is 6.47. The van der Waals surface area contributed by atoms with E-state index in [9.17, 15) is 4.79 Å². The Morgan fingerprint density at radius 1 is 1.11 bits per heavy atom. The van der Waals surface area contributed by atoms with Crippen molar-refractivity contribution >= 4 is 45.6 Å². The highest BCUT2D eigenvalue weighted by Crippen LogP contribution is 2.22. The van der Waals surface area contributed by atoms with Crippen molar-refractivity contribution in [2.24, 2.45) is 0 Å². The zero-order valence-corrected chi connectivity index (χ0v) is 18.0. The molecule has 0 atom stereocenters. The first-order chi connectivity index (χ1) is 12.5. The van der Waals surface area contributed by atoms with Gasteiger partial charge >= 0.3 is 0 Å². The van der Waals surface area contributed by atoms with E-state index in [0.717, 1.165) is 47.7 Å². The zero-order valence-electron chi connectivity index (χ0n) is 15.6. The highest BCUT2D eigenvalue weighted by molar-refractivity contribution is 9.10. The normalized spacial score (nSPS) is 14.4. The molecule has 1 saturated heterocycles. The zero-order chi connectivity index (χ0) is 18.5. The average molecular weight is 455 g/mol. The van der Waals surface area contributed by atoms with E-state index in [-0.39, 0.29) is 18.3 Å². The first kappa shape index (κ1) is 21.5. The topological polar surface area (TPSA) is 44.8 Å². The van der Waals surface area contributed by atoms with Crippen molar-refractivity contribution in [3.8, 4) is 5.75 Å². The van der Waals surface area contributed by atoms with E-state index in [1.54, 1.807) is 7.11 Å². The number of benzene rings is 2. The fraction of sp³-hybridized carbons (Fsp3) is 0.350. The van der Waals surface area contributed by atoms with Gasteiger partial charge in [0, 0.05) is 42.0 Å². The Kier molecular flexibility index (Phi) is 7.95. The first-order valence-corrected chi connectivity index (χ1v) is 9.52. The summed E-state index contributed by atoms with van der Waals surface area (Å²) in [4.78, 5) is 16.8. The lowest BCUT2D eigenvalue weighted by Gasteiger charge is -2.35. The molecule has 1 amide bonds. The van der Waals surface area contributed by atoms with Gasteiger partial charge < -0.3 is 15.0 Å². The third-order valence-electron chi connectivity index (χ3n) is 4.63. The molecular formula is C20H25BrClN3O2. The molecule has 0 aliphatic carbocycles. The number of carbonyl (C=O) groups excluding carboxylic acids is 1. The summed E-state index contributed by atoms with van der Waals surface area (Å²) in [5.74, 6) is 0.894. The van der Waals surface area contributed by atoms with Crippen LogP contribution in [-0.4, -0.2) is 50.6 Å². The second-order valence-corrected chi connectivity index (χ2v) is 7.33. The number of rotatable bonds is 5. The maximum Gasteiger partial charge on any atom is 0.238 e. The van der Waals surface area contributed by atoms with Gasteiger partial charge in [0.1, 0.15) is 5.75 Å². The van der Waals surface area contributed by atoms with Gasteiger partial charge in [-0.2, -0.15) is 0 Å². The molecule has 0 aromatic heterocycles. The van der Waals surface area contributed by atoms with E-state index in [2.05, 4.69) is 43.2 Å². The van der Waals surface area contributed by atoms with E-state index >= 15 is 0 Å². The number of hydrogen-bond acceptors (Lipinski definition) is 4.